The van der Waals surface area contributed by atoms with Gasteiger partial charge in [-0.25, -0.2) is 9.97 Å². The van der Waals surface area contributed by atoms with Gasteiger partial charge in [-0.15, -0.1) is 0 Å². The average Bonchev–Trinajstić information content (AvgIpc) is 2.84. The van der Waals surface area contributed by atoms with Crippen LogP contribution >= 0.6 is 0 Å². The first-order valence-electron chi connectivity index (χ1n) is 4.81. The Hall–Kier alpha value is -1.12. The fourth-order valence-corrected chi connectivity index (χ4v) is 1.28. The molecular formula is C10H15N3. The van der Waals surface area contributed by atoms with E-state index in [1.54, 1.807) is 6.33 Å². The molecule has 1 aliphatic rings. The van der Waals surface area contributed by atoms with Crippen molar-refractivity contribution in [2.45, 2.75) is 38.6 Å². The Kier molecular flexibility index (Phi) is 1.94. The number of aryl methyl sites for hydroxylation is 1. The van der Waals surface area contributed by atoms with Gasteiger partial charge in [-0.3, -0.25) is 0 Å². The van der Waals surface area contributed by atoms with Gasteiger partial charge in [0.1, 0.15) is 12.1 Å². The third kappa shape index (κ3) is 1.97. The largest absolute Gasteiger partial charge is 0.365 e. The molecule has 3 nitrogen and oxygen atoms in total. The third-order valence-electron chi connectivity index (χ3n) is 2.52. The lowest BCUT2D eigenvalue weighted by Gasteiger charge is -2.11. The van der Waals surface area contributed by atoms with Gasteiger partial charge in [0, 0.05) is 17.3 Å². The van der Waals surface area contributed by atoms with Crippen LogP contribution in [0.15, 0.2) is 12.4 Å². The van der Waals surface area contributed by atoms with Crippen LogP contribution in [-0.4, -0.2) is 15.5 Å². The van der Waals surface area contributed by atoms with Crippen molar-refractivity contribution in [2.75, 3.05) is 5.32 Å². The molecule has 1 aliphatic carbocycles. The number of rotatable bonds is 3. The summed E-state index contributed by atoms with van der Waals surface area (Å²) in [4.78, 5) is 8.35. The Balaban J connectivity index is 2.11. The van der Waals surface area contributed by atoms with Crippen LogP contribution in [-0.2, 0) is 6.42 Å². The molecule has 0 aromatic carbocycles. The topological polar surface area (TPSA) is 37.8 Å². The number of anilines is 1. The molecule has 1 fully saturated rings. The highest BCUT2D eigenvalue weighted by Crippen LogP contribution is 2.37. The van der Waals surface area contributed by atoms with Crippen molar-refractivity contribution in [3.8, 4) is 0 Å². The Bertz CT molecular complexity index is 305. The monoisotopic (exact) mass is 177 g/mol. The van der Waals surface area contributed by atoms with E-state index in [9.17, 15) is 0 Å². The minimum Gasteiger partial charge on any atom is -0.365 e. The smallest absolute Gasteiger partial charge is 0.130 e. The van der Waals surface area contributed by atoms with Crippen molar-refractivity contribution in [2.24, 2.45) is 0 Å². The van der Waals surface area contributed by atoms with Crippen LogP contribution in [0.2, 0.25) is 0 Å². The zero-order chi connectivity index (χ0) is 9.31. The van der Waals surface area contributed by atoms with E-state index in [0.29, 0.717) is 5.54 Å². The summed E-state index contributed by atoms with van der Waals surface area (Å²) in [5.74, 6) is 0.965. The summed E-state index contributed by atoms with van der Waals surface area (Å²) in [5.41, 5.74) is 1.40. The summed E-state index contributed by atoms with van der Waals surface area (Å²) in [6.07, 6.45) is 5.09. The molecular weight excluding hydrogens is 162 g/mol. The van der Waals surface area contributed by atoms with Crippen LogP contribution in [0.3, 0.4) is 0 Å². The average molecular weight is 177 g/mol. The Morgan fingerprint density at radius 1 is 1.46 bits per heavy atom. The molecule has 13 heavy (non-hydrogen) atoms. The lowest BCUT2D eigenvalue weighted by Crippen LogP contribution is -2.17. The van der Waals surface area contributed by atoms with E-state index in [1.165, 1.54) is 12.8 Å². The minimum atomic E-state index is 0.305. The number of nitrogens with one attached hydrogen (secondary N) is 1. The van der Waals surface area contributed by atoms with Gasteiger partial charge in [-0.2, -0.15) is 0 Å². The molecule has 70 valence electrons. The third-order valence-corrected chi connectivity index (χ3v) is 2.52. The standard InChI is InChI=1S/C10H15N3/c1-3-8-6-9(12-7-11-8)13-10(2)4-5-10/h6-7H,3-5H2,1-2H3,(H,11,12,13). The molecule has 1 aromatic rings. The second kappa shape index (κ2) is 2.98. The zero-order valence-electron chi connectivity index (χ0n) is 8.17. The first-order chi connectivity index (χ1) is 6.22. The van der Waals surface area contributed by atoms with E-state index >= 15 is 0 Å². The second-order valence-corrected chi connectivity index (χ2v) is 3.93. The van der Waals surface area contributed by atoms with Gasteiger partial charge in [-0.05, 0) is 26.2 Å². The molecule has 0 bridgehead atoms. The molecule has 1 N–H and O–H groups in total. The molecule has 0 saturated heterocycles. The number of hydrogen-bond donors (Lipinski definition) is 1. The van der Waals surface area contributed by atoms with E-state index in [-0.39, 0.29) is 0 Å². The number of aromatic nitrogens is 2. The van der Waals surface area contributed by atoms with Gasteiger partial charge >= 0.3 is 0 Å². The summed E-state index contributed by atoms with van der Waals surface area (Å²) >= 11 is 0. The van der Waals surface area contributed by atoms with Crippen molar-refractivity contribution >= 4 is 5.82 Å². The molecule has 0 radical (unpaired) electrons. The molecule has 0 unspecified atom stereocenters. The van der Waals surface area contributed by atoms with Crippen LogP contribution in [0.1, 0.15) is 32.4 Å². The quantitative estimate of drug-likeness (QED) is 0.767. The zero-order valence-corrected chi connectivity index (χ0v) is 8.17. The van der Waals surface area contributed by atoms with Crippen LogP contribution in [0.25, 0.3) is 0 Å². The highest BCUT2D eigenvalue weighted by atomic mass is 15.1. The van der Waals surface area contributed by atoms with Crippen molar-refractivity contribution in [3.05, 3.63) is 18.1 Å². The maximum absolute atomic E-state index is 4.19. The SMILES string of the molecule is CCc1cc(NC2(C)CC2)ncn1. The molecule has 0 atom stereocenters. The van der Waals surface area contributed by atoms with Gasteiger partial charge in [0.2, 0.25) is 0 Å². The van der Waals surface area contributed by atoms with Crippen LogP contribution in [0.4, 0.5) is 5.82 Å². The Morgan fingerprint density at radius 3 is 2.85 bits per heavy atom. The summed E-state index contributed by atoms with van der Waals surface area (Å²) < 4.78 is 0. The van der Waals surface area contributed by atoms with E-state index in [4.69, 9.17) is 0 Å². The van der Waals surface area contributed by atoms with Crippen molar-refractivity contribution in [1.29, 1.82) is 0 Å². The number of hydrogen-bond acceptors (Lipinski definition) is 3. The Morgan fingerprint density at radius 2 is 2.23 bits per heavy atom. The van der Waals surface area contributed by atoms with Gasteiger partial charge in [-0.1, -0.05) is 6.92 Å². The molecule has 0 aliphatic heterocycles. The predicted molar refractivity (Wildman–Crippen MR) is 52.7 cm³/mol. The second-order valence-electron chi connectivity index (χ2n) is 3.93. The summed E-state index contributed by atoms with van der Waals surface area (Å²) in [6, 6.07) is 2.03. The lowest BCUT2D eigenvalue weighted by atomic mass is 10.3. The summed E-state index contributed by atoms with van der Waals surface area (Å²) in [5, 5.41) is 3.42. The molecule has 1 heterocycles. The minimum absolute atomic E-state index is 0.305. The maximum Gasteiger partial charge on any atom is 0.130 e. The van der Waals surface area contributed by atoms with Gasteiger partial charge in [0.05, 0.1) is 0 Å². The first kappa shape index (κ1) is 8.48. The lowest BCUT2D eigenvalue weighted by molar-refractivity contribution is 0.816. The fraction of sp³-hybridized carbons (Fsp3) is 0.600. The molecule has 0 spiro atoms. The van der Waals surface area contributed by atoms with Crippen molar-refractivity contribution in [1.82, 2.24) is 9.97 Å². The van der Waals surface area contributed by atoms with Crippen molar-refractivity contribution in [3.63, 3.8) is 0 Å². The molecule has 2 rings (SSSR count). The highest BCUT2D eigenvalue weighted by molar-refractivity contribution is 5.40. The van der Waals surface area contributed by atoms with E-state index in [2.05, 4.69) is 29.1 Å². The normalized spacial score (nSPS) is 18.3. The Labute approximate surface area is 78.6 Å². The predicted octanol–water partition coefficient (Wildman–Crippen LogP) is 2.00. The van der Waals surface area contributed by atoms with Crippen LogP contribution in [0.5, 0.6) is 0 Å². The van der Waals surface area contributed by atoms with Crippen LogP contribution in [0, 0.1) is 0 Å². The van der Waals surface area contributed by atoms with Gasteiger partial charge in [0.25, 0.3) is 0 Å². The summed E-state index contributed by atoms with van der Waals surface area (Å²) in [7, 11) is 0. The van der Waals surface area contributed by atoms with Gasteiger partial charge in [0.15, 0.2) is 0 Å². The molecule has 1 saturated carbocycles. The first-order valence-corrected chi connectivity index (χ1v) is 4.81. The summed E-state index contributed by atoms with van der Waals surface area (Å²) in [6.45, 7) is 4.33. The molecule has 0 amide bonds. The number of nitrogens with zero attached hydrogens (tertiary/aromatic N) is 2. The maximum atomic E-state index is 4.19. The fourth-order valence-electron chi connectivity index (χ4n) is 1.28. The van der Waals surface area contributed by atoms with E-state index in [0.717, 1.165) is 17.9 Å². The molecule has 3 heteroatoms. The van der Waals surface area contributed by atoms with E-state index < -0.39 is 0 Å². The van der Waals surface area contributed by atoms with Crippen molar-refractivity contribution < 1.29 is 0 Å². The van der Waals surface area contributed by atoms with E-state index in [1.807, 2.05) is 6.07 Å². The van der Waals surface area contributed by atoms with Gasteiger partial charge < -0.3 is 5.32 Å². The van der Waals surface area contributed by atoms with Crippen LogP contribution < -0.4 is 5.32 Å². The highest BCUT2D eigenvalue weighted by Gasteiger charge is 2.37. The molecule has 1 aromatic heterocycles.